The molecule has 19 heavy (non-hydrogen) atoms. The summed E-state index contributed by atoms with van der Waals surface area (Å²) in [5.41, 5.74) is 0. The molecule has 7 nitrogen and oxygen atoms in total. The van der Waals surface area contributed by atoms with E-state index in [2.05, 4.69) is 10.6 Å². The van der Waals surface area contributed by atoms with Gasteiger partial charge in [0.05, 0.1) is 9.88 Å². The van der Waals surface area contributed by atoms with Crippen molar-refractivity contribution in [3.05, 3.63) is 17.0 Å². The van der Waals surface area contributed by atoms with Crippen LogP contribution in [0.1, 0.15) is 22.5 Å². The maximum Gasteiger partial charge on any atom is 0.326 e. The highest BCUT2D eigenvalue weighted by molar-refractivity contribution is 7.17. The zero-order chi connectivity index (χ0) is 14.4. The minimum Gasteiger partial charge on any atom is -0.481 e. The summed E-state index contributed by atoms with van der Waals surface area (Å²) >= 11 is 1.19. The minimum atomic E-state index is -1.25. The number of hydrogen-bond donors (Lipinski definition) is 4. The van der Waals surface area contributed by atoms with E-state index in [0.29, 0.717) is 4.88 Å². The smallest absolute Gasteiger partial charge is 0.326 e. The molecule has 0 spiro atoms. The highest BCUT2D eigenvalue weighted by Gasteiger charge is 2.22. The van der Waals surface area contributed by atoms with Gasteiger partial charge in [-0.1, -0.05) is 0 Å². The predicted molar refractivity (Wildman–Crippen MR) is 69.6 cm³/mol. The van der Waals surface area contributed by atoms with Crippen LogP contribution >= 0.6 is 11.3 Å². The van der Waals surface area contributed by atoms with E-state index in [1.807, 2.05) is 0 Å². The molecule has 0 saturated heterocycles. The summed E-state index contributed by atoms with van der Waals surface area (Å²) in [5.74, 6) is -2.88. The first-order valence-corrected chi connectivity index (χ1v) is 6.28. The summed E-state index contributed by atoms with van der Waals surface area (Å²) in [5, 5.41) is 23.4. The van der Waals surface area contributed by atoms with E-state index in [-0.39, 0.29) is 12.8 Å². The molecule has 0 aliphatic carbocycles. The Kier molecular flexibility index (Phi) is 5.31. The molecule has 0 saturated carbocycles. The van der Waals surface area contributed by atoms with Crippen molar-refractivity contribution in [1.82, 2.24) is 5.32 Å². The lowest BCUT2D eigenvalue weighted by molar-refractivity contribution is -0.140. The molecule has 0 bridgehead atoms. The van der Waals surface area contributed by atoms with Gasteiger partial charge in [0.2, 0.25) is 0 Å². The first-order chi connectivity index (χ1) is 8.93. The first kappa shape index (κ1) is 15.0. The molecule has 0 aliphatic rings. The van der Waals surface area contributed by atoms with Gasteiger partial charge in [0.15, 0.2) is 0 Å². The molecule has 0 aromatic carbocycles. The molecule has 8 heteroatoms. The van der Waals surface area contributed by atoms with Crippen LogP contribution in [0.5, 0.6) is 0 Å². The third-order valence-corrected chi connectivity index (χ3v) is 3.43. The fourth-order valence-electron chi connectivity index (χ4n) is 1.35. The second-order valence-electron chi connectivity index (χ2n) is 3.71. The van der Waals surface area contributed by atoms with Gasteiger partial charge in [-0.05, 0) is 18.6 Å². The predicted octanol–water partition coefficient (Wildman–Crippen LogP) is 0.838. The van der Waals surface area contributed by atoms with E-state index in [1.54, 1.807) is 19.2 Å². The lowest BCUT2D eigenvalue weighted by Gasteiger charge is -2.12. The number of aliphatic carboxylic acids is 2. The molecule has 0 aliphatic heterocycles. The maximum atomic E-state index is 11.8. The molecule has 104 valence electrons. The summed E-state index contributed by atoms with van der Waals surface area (Å²) in [4.78, 5) is 33.5. The summed E-state index contributed by atoms with van der Waals surface area (Å²) in [6, 6.07) is 2.07. The van der Waals surface area contributed by atoms with Crippen molar-refractivity contribution in [2.45, 2.75) is 18.9 Å². The lowest BCUT2D eigenvalue weighted by atomic mass is 10.1. The zero-order valence-electron chi connectivity index (χ0n) is 10.2. The molecule has 1 atom stereocenters. The van der Waals surface area contributed by atoms with Crippen molar-refractivity contribution in [3.63, 3.8) is 0 Å². The molecule has 1 aromatic heterocycles. The van der Waals surface area contributed by atoms with E-state index < -0.39 is 23.9 Å². The van der Waals surface area contributed by atoms with Crippen molar-refractivity contribution in [3.8, 4) is 0 Å². The lowest BCUT2D eigenvalue weighted by Crippen LogP contribution is -2.40. The van der Waals surface area contributed by atoms with Crippen LogP contribution in [0, 0.1) is 0 Å². The molecule has 0 unspecified atom stereocenters. The van der Waals surface area contributed by atoms with Crippen LogP contribution in [0.4, 0.5) is 5.00 Å². The number of rotatable bonds is 7. The zero-order valence-corrected chi connectivity index (χ0v) is 11.0. The van der Waals surface area contributed by atoms with Gasteiger partial charge in [-0.2, -0.15) is 0 Å². The third kappa shape index (κ3) is 4.59. The fraction of sp³-hybridized carbons (Fsp3) is 0.364. The molecule has 1 amide bonds. The van der Waals surface area contributed by atoms with Gasteiger partial charge < -0.3 is 20.8 Å². The van der Waals surface area contributed by atoms with Crippen LogP contribution in [0.2, 0.25) is 0 Å². The SMILES string of the molecule is CNc1ccc(C(=O)N[C@H](CCC(=O)O)C(=O)O)s1. The number of anilines is 1. The monoisotopic (exact) mass is 286 g/mol. The van der Waals surface area contributed by atoms with Gasteiger partial charge >= 0.3 is 11.9 Å². The summed E-state index contributed by atoms with van der Waals surface area (Å²) in [6.07, 6.45) is -0.468. The van der Waals surface area contributed by atoms with Crippen LogP contribution < -0.4 is 10.6 Å². The van der Waals surface area contributed by atoms with Crippen molar-refractivity contribution in [1.29, 1.82) is 0 Å². The number of thiophene rings is 1. The molecular weight excluding hydrogens is 272 g/mol. The second kappa shape index (κ2) is 6.74. The Morgan fingerprint density at radius 2 is 2.00 bits per heavy atom. The fourth-order valence-corrected chi connectivity index (χ4v) is 2.11. The second-order valence-corrected chi connectivity index (χ2v) is 4.79. The van der Waals surface area contributed by atoms with Gasteiger partial charge in [0, 0.05) is 13.5 Å². The highest BCUT2D eigenvalue weighted by atomic mass is 32.1. The van der Waals surface area contributed by atoms with Crippen molar-refractivity contribution >= 4 is 34.2 Å². The number of carboxylic acids is 2. The summed E-state index contributed by atoms with van der Waals surface area (Å²) in [6.45, 7) is 0. The van der Waals surface area contributed by atoms with Gasteiger partial charge in [-0.25, -0.2) is 4.79 Å². The molecule has 1 rings (SSSR count). The number of carboxylic acid groups (broad SMARTS) is 2. The molecule has 0 radical (unpaired) electrons. The quantitative estimate of drug-likeness (QED) is 0.590. The highest BCUT2D eigenvalue weighted by Crippen LogP contribution is 2.21. The third-order valence-electron chi connectivity index (χ3n) is 2.33. The number of carbonyl (C=O) groups is 3. The maximum absolute atomic E-state index is 11.8. The number of nitrogens with one attached hydrogen (secondary N) is 2. The van der Waals surface area contributed by atoms with Crippen molar-refractivity contribution in [2.75, 3.05) is 12.4 Å². The first-order valence-electron chi connectivity index (χ1n) is 5.47. The Bertz CT molecular complexity index is 485. The van der Waals surface area contributed by atoms with Crippen LogP contribution in [-0.2, 0) is 9.59 Å². The Labute approximate surface area is 113 Å². The van der Waals surface area contributed by atoms with Crippen molar-refractivity contribution < 1.29 is 24.6 Å². The Hall–Kier alpha value is -2.09. The van der Waals surface area contributed by atoms with Crippen LogP contribution in [0.3, 0.4) is 0 Å². The topological polar surface area (TPSA) is 116 Å². The largest absolute Gasteiger partial charge is 0.481 e. The molecule has 0 fully saturated rings. The van der Waals surface area contributed by atoms with E-state index >= 15 is 0 Å². The molecule has 4 N–H and O–H groups in total. The number of carbonyl (C=O) groups excluding carboxylic acids is 1. The van der Waals surface area contributed by atoms with Crippen LogP contribution in [0.15, 0.2) is 12.1 Å². The van der Waals surface area contributed by atoms with Crippen LogP contribution in [0.25, 0.3) is 0 Å². The minimum absolute atomic E-state index is 0.152. The Morgan fingerprint density at radius 1 is 1.32 bits per heavy atom. The Morgan fingerprint density at radius 3 is 2.47 bits per heavy atom. The summed E-state index contributed by atoms with van der Waals surface area (Å²) in [7, 11) is 1.71. The molecule has 1 aromatic rings. The molecule has 1 heterocycles. The van der Waals surface area contributed by atoms with Gasteiger partial charge in [-0.15, -0.1) is 11.3 Å². The molecular formula is C11H14N2O5S. The summed E-state index contributed by atoms with van der Waals surface area (Å²) < 4.78 is 0. The average Bonchev–Trinajstić information content (AvgIpc) is 2.82. The van der Waals surface area contributed by atoms with E-state index in [9.17, 15) is 14.4 Å². The van der Waals surface area contributed by atoms with Gasteiger partial charge in [0.25, 0.3) is 5.91 Å². The Balaban J connectivity index is 2.65. The number of amides is 1. The standard InChI is InChI=1S/C11H14N2O5S/c1-12-8-4-3-7(19-8)10(16)13-6(11(17)18)2-5-9(14)15/h3-4,6,12H,2,5H2,1H3,(H,13,16)(H,14,15)(H,17,18)/t6-/m1/s1. The van der Waals surface area contributed by atoms with Gasteiger partial charge in [-0.3, -0.25) is 9.59 Å². The van der Waals surface area contributed by atoms with E-state index in [0.717, 1.165) is 5.00 Å². The van der Waals surface area contributed by atoms with E-state index in [1.165, 1.54) is 11.3 Å². The van der Waals surface area contributed by atoms with Crippen LogP contribution in [-0.4, -0.2) is 41.1 Å². The van der Waals surface area contributed by atoms with Crippen molar-refractivity contribution in [2.24, 2.45) is 0 Å². The average molecular weight is 286 g/mol. The number of hydrogen-bond acceptors (Lipinski definition) is 5. The normalized spacial score (nSPS) is 11.6. The van der Waals surface area contributed by atoms with Gasteiger partial charge in [0.1, 0.15) is 6.04 Å². The van der Waals surface area contributed by atoms with E-state index in [4.69, 9.17) is 10.2 Å².